The Morgan fingerprint density at radius 2 is 0.973 bits per heavy atom. The molecule has 5 rings (SSSR count). The second-order valence-electron chi connectivity index (χ2n) is 9.25. The summed E-state index contributed by atoms with van der Waals surface area (Å²) >= 11 is 0. The Morgan fingerprint density at radius 3 is 1.35 bits per heavy atom. The highest BCUT2D eigenvalue weighted by atomic mass is 16.2. The molecule has 1 aliphatic rings. The Labute approximate surface area is 217 Å². The third kappa shape index (κ3) is 4.48. The monoisotopic (exact) mass is 481 g/mol. The van der Waals surface area contributed by atoms with Gasteiger partial charge >= 0.3 is 0 Å². The van der Waals surface area contributed by atoms with Gasteiger partial charge in [0.05, 0.1) is 5.57 Å². The number of rotatable bonds is 6. The largest absolute Gasteiger partial charge is 0.311 e. The molecule has 4 aromatic rings. The van der Waals surface area contributed by atoms with Crippen LogP contribution in [0.3, 0.4) is 0 Å². The minimum absolute atomic E-state index is 0.174. The maximum absolute atomic E-state index is 13.1. The van der Waals surface area contributed by atoms with E-state index < -0.39 is 0 Å². The van der Waals surface area contributed by atoms with E-state index in [1.165, 1.54) is 11.1 Å². The normalized spacial score (nSPS) is 12.3. The highest BCUT2D eigenvalue weighted by molar-refractivity contribution is 6.41. The standard InChI is InChI=1S/C34H27NO2/c1-5-25-20-30-31(21-26(25)6-2)34(37)32(33(30)36)19-24-11-17-29(18-12-24)35(27-13-7-22(3)8-14-27)28-15-9-23(4)10-16-28/h5-21H,1-2H2,3-4H3. The number of hydrogen-bond donors (Lipinski definition) is 0. The third-order valence-electron chi connectivity index (χ3n) is 6.69. The maximum atomic E-state index is 13.1. The second-order valence-corrected chi connectivity index (χ2v) is 9.25. The lowest BCUT2D eigenvalue weighted by molar-refractivity contribution is 0.0990. The summed E-state index contributed by atoms with van der Waals surface area (Å²) in [5.41, 5.74) is 8.83. The Bertz CT molecular complexity index is 1480. The summed E-state index contributed by atoms with van der Waals surface area (Å²) in [6.45, 7) is 11.8. The van der Waals surface area contributed by atoms with Gasteiger partial charge in [-0.15, -0.1) is 0 Å². The average molecular weight is 482 g/mol. The van der Waals surface area contributed by atoms with Gasteiger partial charge in [0, 0.05) is 28.2 Å². The van der Waals surface area contributed by atoms with Crippen molar-refractivity contribution in [3.05, 3.63) is 143 Å². The van der Waals surface area contributed by atoms with Gasteiger partial charge in [0.25, 0.3) is 0 Å². The van der Waals surface area contributed by atoms with Gasteiger partial charge in [-0.2, -0.15) is 0 Å². The molecule has 180 valence electrons. The lowest BCUT2D eigenvalue weighted by atomic mass is 9.99. The summed E-state index contributed by atoms with van der Waals surface area (Å²) in [7, 11) is 0. The van der Waals surface area contributed by atoms with Crippen LogP contribution in [0.25, 0.3) is 18.2 Å². The number of allylic oxidation sites excluding steroid dienone is 1. The topological polar surface area (TPSA) is 37.4 Å². The molecule has 0 saturated heterocycles. The summed E-state index contributed by atoms with van der Waals surface area (Å²) in [5, 5.41) is 0. The molecule has 0 spiro atoms. The van der Waals surface area contributed by atoms with Crippen molar-refractivity contribution < 1.29 is 9.59 Å². The van der Waals surface area contributed by atoms with Gasteiger partial charge in [-0.25, -0.2) is 0 Å². The number of aryl methyl sites for hydroxylation is 2. The van der Waals surface area contributed by atoms with E-state index in [0.29, 0.717) is 11.1 Å². The SMILES string of the molecule is C=Cc1cc2c(cc1C=C)C(=O)C(=Cc1ccc(N(c3ccc(C)cc3)c3ccc(C)cc3)cc1)C2=O. The molecule has 4 aromatic carbocycles. The molecule has 0 fully saturated rings. The van der Waals surface area contributed by atoms with Crippen LogP contribution in [0.4, 0.5) is 17.1 Å². The van der Waals surface area contributed by atoms with E-state index >= 15 is 0 Å². The van der Waals surface area contributed by atoms with E-state index in [1.807, 2.05) is 24.3 Å². The van der Waals surface area contributed by atoms with E-state index in [1.54, 1.807) is 30.4 Å². The molecule has 3 nitrogen and oxygen atoms in total. The summed E-state index contributed by atoms with van der Waals surface area (Å²) in [5.74, 6) is -0.521. The molecular formula is C34H27NO2. The summed E-state index contributed by atoms with van der Waals surface area (Å²) < 4.78 is 0. The zero-order chi connectivity index (χ0) is 26.1. The van der Waals surface area contributed by atoms with E-state index in [-0.39, 0.29) is 17.1 Å². The number of carbonyl (C=O) groups is 2. The first-order valence-electron chi connectivity index (χ1n) is 12.2. The number of hydrogen-bond acceptors (Lipinski definition) is 3. The van der Waals surface area contributed by atoms with E-state index in [4.69, 9.17) is 0 Å². The maximum Gasteiger partial charge on any atom is 0.197 e. The molecule has 0 unspecified atom stereocenters. The van der Waals surface area contributed by atoms with Crippen LogP contribution in [0.15, 0.2) is 104 Å². The minimum atomic E-state index is -0.260. The van der Waals surface area contributed by atoms with E-state index in [0.717, 1.165) is 33.8 Å². The fraction of sp³-hybridized carbons (Fsp3) is 0.0588. The molecule has 3 heteroatoms. The van der Waals surface area contributed by atoms with Crippen molar-refractivity contribution in [1.29, 1.82) is 0 Å². The van der Waals surface area contributed by atoms with Crippen LogP contribution in [-0.2, 0) is 0 Å². The molecule has 0 aliphatic heterocycles. The van der Waals surface area contributed by atoms with Gasteiger partial charge in [-0.1, -0.05) is 72.8 Å². The van der Waals surface area contributed by atoms with Crippen LogP contribution in [0.5, 0.6) is 0 Å². The molecule has 0 bridgehead atoms. The van der Waals surface area contributed by atoms with Crippen LogP contribution in [0, 0.1) is 13.8 Å². The summed E-state index contributed by atoms with van der Waals surface area (Å²) in [4.78, 5) is 28.4. The molecule has 0 aromatic heterocycles. The first-order valence-corrected chi connectivity index (χ1v) is 12.2. The molecular weight excluding hydrogens is 454 g/mol. The molecule has 0 atom stereocenters. The summed E-state index contributed by atoms with van der Waals surface area (Å²) in [6.07, 6.45) is 5.02. The van der Waals surface area contributed by atoms with Crippen molar-refractivity contribution >= 4 is 46.9 Å². The third-order valence-corrected chi connectivity index (χ3v) is 6.69. The number of nitrogens with zero attached hydrogens (tertiary/aromatic N) is 1. The highest BCUT2D eigenvalue weighted by Crippen LogP contribution is 2.36. The van der Waals surface area contributed by atoms with Gasteiger partial charge in [-0.05, 0) is 85.1 Å². The van der Waals surface area contributed by atoms with Gasteiger partial charge in [0.2, 0.25) is 0 Å². The first-order chi connectivity index (χ1) is 17.9. The van der Waals surface area contributed by atoms with Crippen LogP contribution in [-0.4, -0.2) is 11.6 Å². The number of carbonyl (C=O) groups excluding carboxylic acids is 2. The van der Waals surface area contributed by atoms with Crippen LogP contribution in [0.1, 0.15) is 48.5 Å². The van der Waals surface area contributed by atoms with Crippen LogP contribution in [0.2, 0.25) is 0 Å². The van der Waals surface area contributed by atoms with Gasteiger partial charge < -0.3 is 4.90 Å². The van der Waals surface area contributed by atoms with Crippen LogP contribution < -0.4 is 4.90 Å². The van der Waals surface area contributed by atoms with Crippen molar-refractivity contribution in [2.75, 3.05) is 4.90 Å². The lowest BCUT2D eigenvalue weighted by Gasteiger charge is -2.26. The second kappa shape index (κ2) is 9.71. The zero-order valence-corrected chi connectivity index (χ0v) is 21.0. The molecule has 1 aliphatic carbocycles. The molecule has 0 radical (unpaired) electrons. The quantitative estimate of drug-likeness (QED) is 0.205. The first kappa shape index (κ1) is 24.0. The molecule has 0 amide bonds. The fourth-order valence-corrected chi connectivity index (χ4v) is 4.61. The molecule has 0 saturated carbocycles. The summed E-state index contributed by atoms with van der Waals surface area (Å²) in [6, 6.07) is 28.1. The van der Waals surface area contributed by atoms with E-state index in [9.17, 15) is 9.59 Å². The number of anilines is 3. The molecule has 37 heavy (non-hydrogen) atoms. The number of Topliss-reactive ketones (excluding diaryl/α,β-unsaturated/α-hetero) is 2. The van der Waals surface area contributed by atoms with Crippen molar-refractivity contribution in [3.8, 4) is 0 Å². The van der Waals surface area contributed by atoms with Gasteiger partial charge in [0.1, 0.15) is 0 Å². The van der Waals surface area contributed by atoms with Crippen molar-refractivity contribution in [1.82, 2.24) is 0 Å². The Balaban J connectivity index is 1.51. The van der Waals surface area contributed by atoms with E-state index in [2.05, 4.69) is 80.4 Å². The minimum Gasteiger partial charge on any atom is -0.311 e. The van der Waals surface area contributed by atoms with Crippen molar-refractivity contribution in [2.45, 2.75) is 13.8 Å². The van der Waals surface area contributed by atoms with Gasteiger partial charge in [-0.3, -0.25) is 9.59 Å². The number of benzene rings is 4. The molecule has 0 heterocycles. The predicted octanol–water partition coefficient (Wildman–Crippen LogP) is 8.52. The Morgan fingerprint density at radius 1 is 0.595 bits per heavy atom. The fourth-order valence-electron chi connectivity index (χ4n) is 4.61. The average Bonchev–Trinajstić information content (AvgIpc) is 3.15. The van der Waals surface area contributed by atoms with Crippen molar-refractivity contribution in [2.24, 2.45) is 0 Å². The Hall–Kier alpha value is -4.76. The predicted molar refractivity (Wildman–Crippen MR) is 154 cm³/mol. The Kier molecular flexibility index (Phi) is 6.29. The molecule has 0 N–H and O–H groups in total. The number of fused-ring (bicyclic) bond motifs is 1. The number of ketones is 2. The zero-order valence-electron chi connectivity index (χ0n) is 21.0. The lowest BCUT2D eigenvalue weighted by Crippen LogP contribution is -2.09. The van der Waals surface area contributed by atoms with Crippen LogP contribution >= 0.6 is 0 Å². The highest BCUT2D eigenvalue weighted by Gasteiger charge is 2.33. The van der Waals surface area contributed by atoms with Crippen molar-refractivity contribution in [3.63, 3.8) is 0 Å². The van der Waals surface area contributed by atoms with Gasteiger partial charge in [0.15, 0.2) is 11.6 Å². The smallest absolute Gasteiger partial charge is 0.197 e.